The summed E-state index contributed by atoms with van der Waals surface area (Å²) in [6, 6.07) is 12.3. The van der Waals surface area contributed by atoms with Crippen LogP contribution in [-0.2, 0) is 23.9 Å². The third-order valence-corrected chi connectivity index (χ3v) is 7.05. The molecule has 1 aliphatic rings. The zero-order valence-corrected chi connectivity index (χ0v) is 22.2. The SMILES string of the molecule is CC(C)(Oc1ccc(CCN(Cc2ccc(C(F)(F)F)cc2)c2noc(C3CCCCCC3)n2)cc1)C(=O)O. The Hall–Kier alpha value is -3.56. The molecular formula is C29H34F3N3O4. The smallest absolute Gasteiger partial charge is 0.416 e. The molecule has 7 nitrogen and oxygen atoms in total. The summed E-state index contributed by atoms with van der Waals surface area (Å²) < 4.78 is 50.4. The fourth-order valence-electron chi connectivity index (χ4n) is 4.64. The van der Waals surface area contributed by atoms with E-state index >= 15 is 0 Å². The molecule has 0 spiro atoms. The summed E-state index contributed by atoms with van der Waals surface area (Å²) in [6.07, 6.45) is 2.87. The average molecular weight is 546 g/mol. The Morgan fingerprint density at radius 2 is 1.62 bits per heavy atom. The quantitative estimate of drug-likeness (QED) is 0.274. The summed E-state index contributed by atoms with van der Waals surface area (Å²) in [7, 11) is 0. The molecule has 4 rings (SSSR count). The van der Waals surface area contributed by atoms with Crippen LogP contribution in [0, 0.1) is 0 Å². The molecule has 10 heteroatoms. The summed E-state index contributed by atoms with van der Waals surface area (Å²) in [5.74, 6) is 0.640. The van der Waals surface area contributed by atoms with Gasteiger partial charge in [-0.3, -0.25) is 0 Å². The van der Waals surface area contributed by atoms with Gasteiger partial charge in [-0.1, -0.05) is 49.9 Å². The number of halogens is 3. The minimum Gasteiger partial charge on any atom is -0.478 e. The number of hydrogen-bond donors (Lipinski definition) is 1. The maximum atomic E-state index is 13.0. The molecule has 0 atom stereocenters. The lowest BCUT2D eigenvalue weighted by Gasteiger charge is -2.22. The van der Waals surface area contributed by atoms with Crippen molar-refractivity contribution in [1.29, 1.82) is 0 Å². The van der Waals surface area contributed by atoms with Crippen LogP contribution in [0.2, 0.25) is 0 Å². The van der Waals surface area contributed by atoms with Crippen molar-refractivity contribution in [3.05, 3.63) is 71.1 Å². The Morgan fingerprint density at radius 1 is 1.00 bits per heavy atom. The zero-order valence-electron chi connectivity index (χ0n) is 22.2. The highest BCUT2D eigenvalue weighted by Crippen LogP contribution is 2.32. The summed E-state index contributed by atoms with van der Waals surface area (Å²) >= 11 is 0. The van der Waals surface area contributed by atoms with Crippen LogP contribution in [0.25, 0.3) is 0 Å². The maximum absolute atomic E-state index is 13.0. The van der Waals surface area contributed by atoms with Crippen molar-refractivity contribution in [2.24, 2.45) is 0 Å². The van der Waals surface area contributed by atoms with Crippen molar-refractivity contribution in [3.63, 3.8) is 0 Å². The number of benzene rings is 2. The molecular weight excluding hydrogens is 511 g/mol. The normalized spacial score (nSPS) is 15.1. The van der Waals surface area contributed by atoms with Crippen molar-refractivity contribution in [2.75, 3.05) is 11.4 Å². The minimum absolute atomic E-state index is 0.226. The highest BCUT2D eigenvalue weighted by molar-refractivity contribution is 5.76. The first kappa shape index (κ1) is 28.4. The van der Waals surface area contributed by atoms with E-state index in [9.17, 15) is 23.1 Å². The van der Waals surface area contributed by atoms with E-state index in [-0.39, 0.29) is 5.92 Å². The topological polar surface area (TPSA) is 88.7 Å². The van der Waals surface area contributed by atoms with Gasteiger partial charge in [0.25, 0.3) is 5.95 Å². The number of ether oxygens (including phenoxy) is 1. The van der Waals surface area contributed by atoms with Crippen LogP contribution in [0.4, 0.5) is 19.1 Å². The van der Waals surface area contributed by atoms with E-state index in [0.717, 1.165) is 43.4 Å². The summed E-state index contributed by atoms with van der Waals surface area (Å²) in [5, 5.41) is 13.5. The monoisotopic (exact) mass is 545 g/mol. The molecule has 2 aromatic carbocycles. The first-order valence-corrected chi connectivity index (χ1v) is 13.3. The van der Waals surface area contributed by atoms with Gasteiger partial charge in [0.15, 0.2) is 5.60 Å². The first-order chi connectivity index (χ1) is 18.5. The van der Waals surface area contributed by atoms with Gasteiger partial charge in [-0.05, 0) is 73.7 Å². The maximum Gasteiger partial charge on any atom is 0.416 e. The first-order valence-electron chi connectivity index (χ1n) is 13.3. The Labute approximate surface area is 226 Å². The molecule has 210 valence electrons. The van der Waals surface area contributed by atoms with Gasteiger partial charge >= 0.3 is 12.1 Å². The zero-order chi connectivity index (χ0) is 28.0. The molecule has 39 heavy (non-hydrogen) atoms. The number of carboxylic acid groups (broad SMARTS) is 1. The van der Waals surface area contributed by atoms with Crippen molar-refractivity contribution in [3.8, 4) is 5.75 Å². The van der Waals surface area contributed by atoms with Crippen molar-refractivity contribution < 1.29 is 32.3 Å². The summed E-state index contributed by atoms with van der Waals surface area (Å²) in [4.78, 5) is 17.9. The lowest BCUT2D eigenvalue weighted by atomic mass is 10.0. The van der Waals surface area contributed by atoms with Gasteiger partial charge in [0.05, 0.1) is 5.56 Å². The van der Waals surface area contributed by atoms with Gasteiger partial charge in [0.2, 0.25) is 5.89 Å². The predicted molar refractivity (Wildman–Crippen MR) is 140 cm³/mol. The third-order valence-electron chi connectivity index (χ3n) is 7.05. The fraction of sp³-hybridized carbons (Fsp3) is 0.483. The minimum atomic E-state index is -4.39. The van der Waals surface area contributed by atoms with Gasteiger partial charge < -0.3 is 19.3 Å². The number of aromatic nitrogens is 2. The van der Waals surface area contributed by atoms with E-state index in [1.54, 1.807) is 12.1 Å². The Balaban J connectivity index is 1.49. The van der Waals surface area contributed by atoms with E-state index in [1.807, 2.05) is 17.0 Å². The molecule has 1 N–H and O–H groups in total. The molecule has 3 aromatic rings. The average Bonchev–Trinajstić information content (AvgIpc) is 3.22. The third kappa shape index (κ3) is 7.74. The van der Waals surface area contributed by atoms with Gasteiger partial charge in [0.1, 0.15) is 5.75 Å². The van der Waals surface area contributed by atoms with E-state index < -0.39 is 23.3 Å². The Kier molecular flexibility index (Phi) is 8.82. The number of hydrogen-bond acceptors (Lipinski definition) is 6. The second-order valence-corrected chi connectivity index (χ2v) is 10.5. The van der Waals surface area contributed by atoms with Crippen molar-refractivity contribution in [2.45, 2.75) is 83.0 Å². The molecule has 0 unspecified atom stereocenters. The summed E-state index contributed by atoms with van der Waals surface area (Å²) in [6.45, 7) is 3.77. The number of alkyl halides is 3. The van der Waals surface area contributed by atoms with Crippen molar-refractivity contribution >= 4 is 11.9 Å². The number of rotatable bonds is 10. The Bertz CT molecular complexity index is 1220. The molecule has 0 radical (unpaired) electrons. The van der Waals surface area contributed by atoms with E-state index in [1.165, 1.54) is 38.8 Å². The molecule has 1 heterocycles. The highest BCUT2D eigenvalue weighted by Gasteiger charge is 2.31. The van der Waals surface area contributed by atoms with Gasteiger partial charge in [-0.25, -0.2) is 4.79 Å². The van der Waals surface area contributed by atoms with Crippen LogP contribution < -0.4 is 9.64 Å². The molecule has 0 bridgehead atoms. The number of carbonyl (C=O) groups is 1. The molecule has 0 saturated heterocycles. The lowest BCUT2D eigenvalue weighted by molar-refractivity contribution is -0.152. The van der Waals surface area contributed by atoms with Crippen LogP contribution in [0.15, 0.2) is 53.1 Å². The van der Waals surface area contributed by atoms with Crippen LogP contribution in [0.1, 0.15) is 80.9 Å². The van der Waals surface area contributed by atoms with Crippen LogP contribution in [-0.4, -0.2) is 33.4 Å². The highest BCUT2D eigenvalue weighted by atomic mass is 19.4. The molecule has 1 fully saturated rings. The van der Waals surface area contributed by atoms with Gasteiger partial charge in [-0.15, -0.1) is 0 Å². The fourth-order valence-corrected chi connectivity index (χ4v) is 4.64. The van der Waals surface area contributed by atoms with E-state index in [4.69, 9.17) is 14.2 Å². The standard InChI is InChI=1S/C29H34F3N3O4/c1-28(2,26(36)37)38-24-15-11-20(12-16-24)17-18-35(19-21-9-13-23(14-10-21)29(30,31)32)27-33-25(39-34-27)22-7-5-3-4-6-8-22/h9-16,22H,3-8,17-19H2,1-2H3,(H,36,37). The molecule has 1 saturated carbocycles. The van der Waals surface area contributed by atoms with Gasteiger partial charge in [-0.2, -0.15) is 18.2 Å². The van der Waals surface area contributed by atoms with Crippen LogP contribution in [0.3, 0.4) is 0 Å². The van der Waals surface area contributed by atoms with E-state index in [0.29, 0.717) is 42.7 Å². The molecule has 0 amide bonds. The second kappa shape index (κ2) is 12.1. The number of carboxylic acids is 1. The van der Waals surface area contributed by atoms with Crippen molar-refractivity contribution in [1.82, 2.24) is 10.1 Å². The van der Waals surface area contributed by atoms with E-state index in [2.05, 4.69) is 5.16 Å². The lowest BCUT2D eigenvalue weighted by Crippen LogP contribution is -2.37. The van der Waals surface area contributed by atoms with Crippen LogP contribution >= 0.6 is 0 Å². The number of anilines is 1. The molecule has 1 aromatic heterocycles. The Morgan fingerprint density at radius 3 is 2.21 bits per heavy atom. The van der Waals surface area contributed by atoms with Gasteiger partial charge in [0, 0.05) is 19.0 Å². The second-order valence-electron chi connectivity index (χ2n) is 10.5. The number of aliphatic carboxylic acids is 1. The van der Waals surface area contributed by atoms with Crippen LogP contribution in [0.5, 0.6) is 5.75 Å². The largest absolute Gasteiger partial charge is 0.478 e. The molecule has 1 aliphatic carbocycles. The predicted octanol–water partition coefficient (Wildman–Crippen LogP) is 7.02. The summed E-state index contributed by atoms with van der Waals surface area (Å²) in [5.41, 5.74) is -0.376. The molecule has 0 aliphatic heterocycles. The number of nitrogens with zero attached hydrogens (tertiary/aromatic N) is 3.